The molecule has 0 aliphatic carbocycles. The topological polar surface area (TPSA) is 49.3 Å². The predicted octanol–water partition coefficient (Wildman–Crippen LogP) is 3.17. The molecule has 1 heterocycles. The van der Waals surface area contributed by atoms with Gasteiger partial charge in [-0.05, 0) is 23.5 Å². The second-order valence-corrected chi connectivity index (χ2v) is 7.46. The first kappa shape index (κ1) is 17.7. The van der Waals surface area contributed by atoms with E-state index in [-0.39, 0.29) is 17.9 Å². The highest BCUT2D eigenvalue weighted by Gasteiger charge is 2.22. The standard InChI is InChI=1S/C17H25NO2S/c1-13(17(2,3)4)11-16(20)18-12-15-9-8-14(21-15)7-5-6-10-19/h8-9,13,19H,6,10-12H2,1-4H3,(H,18,20). The maximum absolute atomic E-state index is 11.9. The van der Waals surface area contributed by atoms with Crippen LogP contribution in [0.4, 0.5) is 0 Å². The van der Waals surface area contributed by atoms with Crippen LogP contribution in [-0.2, 0) is 11.3 Å². The number of carbonyl (C=O) groups excluding carboxylic acids is 1. The van der Waals surface area contributed by atoms with Crippen LogP contribution in [0.1, 0.15) is 50.3 Å². The normalized spacial score (nSPS) is 12.4. The van der Waals surface area contributed by atoms with Crippen molar-refractivity contribution >= 4 is 17.2 Å². The van der Waals surface area contributed by atoms with Gasteiger partial charge in [0.05, 0.1) is 18.0 Å². The van der Waals surface area contributed by atoms with Gasteiger partial charge in [0.1, 0.15) is 0 Å². The zero-order chi connectivity index (χ0) is 15.9. The Hall–Kier alpha value is -1.31. The number of rotatable bonds is 5. The second-order valence-electron chi connectivity index (χ2n) is 6.29. The predicted molar refractivity (Wildman–Crippen MR) is 88.0 cm³/mol. The number of aliphatic hydroxyl groups is 1. The maximum atomic E-state index is 11.9. The van der Waals surface area contributed by atoms with Gasteiger partial charge in [-0.15, -0.1) is 11.3 Å². The lowest BCUT2D eigenvalue weighted by Gasteiger charge is -2.26. The number of carbonyl (C=O) groups is 1. The lowest BCUT2D eigenvalue weighted by molar-refractivity contribution is -0.122. The molecule has 0 aliphatic heterocycles. The summed E-state index contributed by atoms with van der Waals surface area (Å²) in [5.74, 6) is 6.34. The van der Waals surface area contributed by atoms with E-state index in [1.54, 1.807) is 11.3 Å². The first-order chi connectivity index (χ1) is 9.82. The van der Waals surface area contributed by atoms with E-state index >= 15 is 0 Å². The highest BCUT2D eigenvalue weighted by molar-refractivity contribution is 7.12. The van der Waals surface area contributed by atoms with Crippen molar-refractivity contribution in [3.8, 4) is 11.8 Å². The molecule has 116 valence electrons. The summed E-state index contributed by atoms with van der Waals surface area (Å²) in [7, 11) is 0. The molecule has 1 atom stereocenters. The number of hydrogen-bond acceptors (Lipinski definition) is 3. The van der Waals surface area contributed by atoms with Crippen LogP contribution in [0.15, 0.2) is 12.1 Å². The van der Waals surface area contributed by atoms with E-state index < -0.39 is 0 Å². The minimum absolute atomic E-state index is 0.0905. The van der Waals surface area contributed by atoms with Crippen molar-refractivity contribution in [1.82, 2.24) is 5.32 Å². The minimum Gasteiger partial charge on any atom is -0.395 e. The fourth-order valence-electron chi connectivity index (χ4n) is 1.59. The number of aliphatic hydroxyl groups excluding tert-OH is 1. The summed E-state index contributed by atoms with van der Waals surface area (Å²) in [5.41, 5.74) is 0.149. The highest BCUT2D eigenvalue weighted by atomic mass is 32.1. The van der Waals surface area contributed by atoms with Gasteiger partial charge in [-0.25, -0.2) is 0 Å². The van der Waals surface area contributed by atoms with Gasteiger partial charge in [-0.3, -0.25) is 4.79 Å². The molecule has 2 N–H and O–H groups in total. The quantitative estimate of drug-likeness (QED) is 0.821. The van der Waals surface area contributed by atoms with E-state index in [0.29, 0.717) is 25.3 Å². The van der Waals surface area contributed by atoms with Crippen molar-refractivity contribution in [1.29, 1.82) is 0 Å². The van der Waals surface area contributed by atoms with Crippen molar-refractivity contribution in [2.75, 3.05) is 6.61 Å². The second kappa shape index (κ2) is 8.21. The van der Waals surface area contributed by atoms with Gasteiger partial charge in [-0.1, -0.05) is 39.5 Å². The number of amides is 1. The van der Waals surface area contributed by atoms with Crippen LogP contribution < -0.4 is 5.32 Å². The third-order valence-corrected chi connectivity index (χ3v) is 4.54. The zero-order valence-corrected chi connectivity index (χ0v) is 14.1. The molecule has 0 radical (unpaired) electrons. The van der Waals surface area contributed by atoms with Crippen LogP contribution in [0.2, 0.25) is 0 Å². The van der Waals surface area contributed by atoms with Crippen molar-refractivity contribution in [2.45, 2.75) is 47.1 Å². The van der Waals surface area contributed by atoms with E-state index in [9.17, 15) is 4.79 Å². The van der Waals surface area contributed by atoms with Crippen molar-refractivity contribution < 1.29 is 9.90 Å². The molecule has 0 saturated heterocycles. The molecule has 0 saturated carbocycles. The van der Waals surface area contributed by atoms with Gasteiger partial charge < -0.3 is 10.4 Å². The molecular formula is C17H25NO2S. The molecule has 1 aromatic heterocycles. The minimum atomic E-state index is 0.0905. The summed E-state index contributed by atoms with van der Waals surface area (Å²) < 4.78 is 0. The lowest BCUT2D eigenvalue weighted by atomic mass is 9.80. The summed E-state index contributed by atoms with van der Waals surface area (Å²) >= 11 is 1.58. The largest absolute Gasteiger partial charge is 0.395 e. The van der Waals surface area contributed by atoms with Gasteiger partial charge in [0.2, 0.25) is 5.91 Å². The Bertz CT molecular complexity index is 517. The molecule has 21 heavy (non-hydrogen) atoms. The summed E-state index contributed by atoms with van der Waals surface area (Å²) in [5, 5.41) is 11.6. The van der Waals surface area contributed by atoms with Crippen molar-refractivity contribution in [3.05, 3.63) is 21.9 Å². The molecule has 1 amide bonds. The molecule has 1 aromatic rings. The SMILES string of the molecule is CC(CC(=O)NCc1ccc(C#CCCO)s1)C(C)(C)C. The zero-order valence-electron chi connectivity index (χ0n) is 13.3. The molecule has 0 spiro atoms. The van der Waals surface area contributed by atoms with Crippen LogP contribution in [-0.4, -0.2) is 17.6 Å². The van der Waals surface area contributed by atoms with E-state index in [1.165, 1.54) is 0 Å². The van der Waals surface area contributed by atoms with Crippen LogP contribution >= 0.6 is 11.3 Å². The van der Waals surface area contributed by atoms with Gasteiger partial charge in [0.15, 0.2) is 0 Å². The first-order valence-corrected chi connectivity index (χ1v) is 8.09. The third kappa shape index (κ3) is 6.79. The van der Waals surface area contributed by atoms with E-state index in [2.05, 4.69) is 44.9 Å². The Morgan fingerprint density at radius 2 is 2.14 bits per heavy atom. The Morgan fingerprint density at radius 1 is 1.43 bits per heavy atom. The first-order valence-electron chi connectivity index (χ1n) is 7.28. The van der Waals surface area contributed by atoms with Gasteiger partial charge >= 0.3 is 0 Å². The molecule has 1 rings (SSSR count). The summed E-state index contributed by atoms with van der Waals surface area (Å²) in [6.07, 6.45) is 1.05. The molecule has 0 fully saturated rings. The van der Waals surface area contributed by atoms with E-state index in [1.807, 2.05) is 12.1 Å². The van der Waals surface area contributed by atoms with Crippen molar-refractivity contribution in [2.24, 2.45) is 11.3 Å². The smallest absolute Gasteiger partial charge is 0.220 e. The van der Waals surface area contributed by atoms with Crippen LogP contribution in [0.5, 0.6) is 0 Å². The maximum Gasteiger partial charge on any atom is 0.220 e. The molecular weight excluding hydrogens is 282 g/mol. The lowest BCUT2D eigenvalue weighted by Crippen LogP contribution is -2.28. The summed E-state index contributed by atoms with van der Waals surface area (Å²) in [6, 6.07) is 3.94. The number of nitrogens with one attached hydrogen (secondary N) is 1. The Balaban J connectivity index is 2.42. The third-order valence-electron chi connectivity index (χ3n) is 3.54. The van der Waals surface area contributed by atoms with Gasteiger partial charge in [-0.2, -0.15) is 0 Å². The molecule has 0 bridgehead atoms. The Labute approximate surface area is 131 Å². The van der Waals surface area contributed by atoms with Gasteiger partial charge in [0, 0.05) is 17.7 Å². The molecule has 0 aliphatic rings. The Morgan fingerprint density at radius 3 is 2.76 bits per heavy atom. The van der Waals surface area contributed by atoms with Crippen LogP contribution in [0, 0.1) is 23.2 Å². The van der Waals surface area contributed by atoms with E-state index in [0.717, 1.165) is 9.75 Å². The van der Waals surface area contributed by atoms with Crippen LogP contribution in [0.3, 0.4) is 0 Å². The molecule has 4 heteroatoms. The molecule has 1 unspecified atom stereocenters. The summed E-state index contributed by atoms with van der Waals surface area (Å²) in [6.45, 7) is 9.22. The average molecular weight is 307 g/mol. The monoisotopic (exact) mass is 307 g/mol. The summed E-state index contributed by atoms with van der Waals surface area (Å²) in [4.78, 5) is 14.0. The van der Waals surface area contributed by atoms with Crippen LogP contribution in [0.25, 0.3) is 0 Å². The average Bonchev–Trinajstić information content (AvgIpc) is 2.83. The highest BCUT2D eigenvalue weighted by Crippen LogP contribution is 2.27. The fraction of sp³-hybridized carbons (Fsp3) is 0.588. The van der Waals surface area contributed by atoms with E-state index in [4.69, 9.17) is 5.11 Å². The fourth-order valence-corrected chi connectivity index (χ4v) is 2.41. The molecule has 0 aromatic carbocycles. The van der Waals surface area contributed by atoms with Gasteiger partial charge in [0.25, 0.3) is 0 Å². The number of thiophene rings is 1. The van der Waals surface area contributed by atoms with Crippen molar-refractivity contribution in [3.63, 3.8) is 0 Å². The number of hydrogen-bond donors (Lipinski definition) is 2. The Kier molecular flexibility index (Phi) is 6.94. The molecule has 3 nitrogen and oxygen atoms in total.